The standard InChI is InChI=1S/C21H45N/c1-16(2)19(7)10-13-22(14-11-20(8)17(3)4)15-12-21(9)18(5)6/h16-21H,10-15H2,1-9H3. The lowest BCUT2D eigenvalue weighted by Gasteiger charge is -2.28. The van der Waals surface area contributed by atoms with Gasteiger partial charge in [-0.15, -0.1) is 0 Å². The Bertz CT molecular complexity index is 214. The lowest BCUT2D eigenvalue weighted by molar-refractivity contribution is 0.198. The normalized spacial score (nSPS) is 16.8. The van der Waals surface area contributed by atoms with Crippen LogP contribution >= 0.6 is 0 Å². The van der Waals surface area contributed by atoms with Crippen molar-refractivity contribution in [1.29, 1.82) is 0 Å². The summed E-state index contributed by atoms with van der Waals surface area (Å²) in [5.41, 5.74) is 0. The van der Waals surface area contributed by atoms with Crippen LogP contribution in [0.5, 0.6) is 0 Å². The van der Waals surface area contributed by atoms with Gasteiger partial charge in [0.25, 0.3) is 0 Å². The maximum atomic E-state index is 2.75. The summed E-state index contributed by atoms with van der Waals surface area (Å²) in [5.74, 6) is 4.95. The minimum Gasteiger partial charge on any atom is -0.303 e. The maximum Gasteiger partial charge on any atom is -0.00161 e. The van der Waals surface area contributed by atoms with Crippen LogP contribution in [-0.4, -0.2) is 24.5 Å². The van der Waals surface area contributed by atoms with Crippen LogP contribution < -0.4 is 0 Å². The fourth-order valence-electron chi connectivity index (χ4n) is 2.49. The summed E-state index contributed by atoms with van der Waals surface area (Å²) in [5, 5.41) is 0. The molecule has 22 heavy (non-hydrogen) atoms. The molecule has 0 radical (unpaired) electrons. The Balaban J connectivity index is 4.36. The third-order valence-corrected chi connectivity index (χ3v) is 6.12. The van der Waals surface area contributed by atoms with E-state index in [1.165, 1.54) is 38.9 Å². The van der Waals surface area contributed by atoms with Gasteiger partial charge in [-0.2, -0.15) is 0 Å². The van der Waals surface area contributed by atoms with Crippen molar-refractivity contribution in [2.45, 2.75) is 81.6 Å². The summed E-state index contributed by atoms with van der Waals surface area (Å²) < 4.78 is 0. The Hall–Kier alpha value is -0.0400. The van der Waals surface area contributed by atoms with Crippen LogP contribution in [0.4, 0.5) is 0 Å². The molecule has 0 aromatic carbocycles. The van der Waals surface area contributed by atoms with Gasteiger partial charge in [0.15, 0.2) is 0 Å². The van der Waals surface area contributed by atoms with E-state index in [0.717, 1.165) is 35.5 Å². The minimum absolute atomic E-state index is 0.811. The van der Waals surface area contributed by atoms with Crippen molar-refractivity contribution in [1.82, 2.24) is 4.90 Å². The molecule has 0 aliphatic carbocycles. The third kappa shape index (κ3) is 9.87. The summed E-state index contributed by atoms with van der Waals surface area (Å²) in [6.07, 6.45) is 4.05. The highest BCUT2D eigenvalue weighted by Gasteiger charge is 2.15. The van der Waals surface area contributed by atoms with Gasteiger partial charge in [0.1, 0.15) is 0 Å². The molecule has 1 nitrogen and oxygen atoms in total. The average Bonchev–Trinajstić information content (AvgIpc) is 2.44. The van der Waals surface area contributed by atoms with E-state index in [-0.39, 0.29) is 0 Å². The predicted molar refractivity (Wildman–Crippen MR) is 102 cm³/mol. The molecule has 0 saturated heterocycles. The van der Waals surface area contributed by atoms with Crippen LogP contribution in [0.1, 0.15) is 81.6 Å². The van der Waals surface area contributed by atoms with E-state index in [9.17, 15) is 0 Å². The second kappa shape index (κ2) is 11.5. The zero-order valence-corrected chi connectivity index (χ0v) is 17.2. The van der Waals surface area contributed by atoms with Gasteiger partial charge in [0, 0.05) is 0 Å². The van der Waals surface area contributed by atoms with Crippen molar-refractivity contribution in [2.75, 3.05) is 19.6 Å². The first-order chi connectivity index (χ1) is 10.1. The van der Waals surface area contributed by atoms with Crippen LogP contribution in [0.3, 0.4) is 0 Å². The Kier molecular flexibility index (Phi) is 11.5. The SMILES string of the molecule is CC(C)C(C)CCN(CCC(C)C(C)C)CCC(C)C(C)C. The molecular weight excluding hydrogens is 266 g/mol. The molecule has 0 bridgehead atoms. The quantitative estimate of drug-likeness (QED) is 0.407. The van der Waals surface area contributed by atoms with Gasteiger partial charge in [-0.25, -0.2) is 0 Å². The number of hydrogen-bond acceptors (Lipinski definition) is 1. The summed E-state index contributed by atoms with van der Waals surface area (Å²) in [6.45, 7) is 25.2. The Morgan fingerprint density at radius 1 is 0.455 bits per heavy atom. The second-order valence-electron chi connectivity index (χ2n) is 8.87. The van der Waals surface area contributed by atoms with Crippen LogP contribution in [0.25, 0.3) is 0 Å². The van der Waals surface area contributed by atoms with Gasteiger partial charge < -0.3 is 4.90 Å². The number of rotatable bonds is 12. The summed E-state index contributed by atoms with van der Waals surface area (Å²) in [6, 6.07) is 0. The molecule has 0 saturated carbocycles. The topological polar surface area (TPSA) is 3.24 Å². The van der Waals surface area contributed by atoms with E-state index in [1.54, 1.807) is 0 Å². The molecule has 0 spiro atoms. The van der Waals surface area contributed by atoms with Gasteiger partial charge in [0.2, 0.25) is 0 Å². The third-order valence-electron chi connectivity index (χ3n) is 6.12. The molecular formula is C21H45N. The van der Waals surface area contributed by atoms with Crippen molar-refractivity contribution in [2.24, 2.45) is 35.5 Å². The van der Waals surface area contributed by atoms with Crippen LogP contribution in [0, 0.1) is 35.5 Å². The Morgan fingerprint density at radius 3 is 0.864 bits per heavy atom. The van der Waals surface area contributed by atoms with Crippen molar-refractivity contribution in [3.05, 3.63) is 0 Å². The van der Waals surface area contributed by atoms with Gasteiger partial charge in [0.05, 0.1) is 0 Å². The van der Waals surface area contributed by atoms with Gasteiger partial charge in [-0.3, -0.25) is 0 Å². The molecule has 134 valence electrons. The molecule has 0 rings (SSSR count). The average molecular weight is 312 g/mol. The molecule has 0 aliphatic rings. The van der Waals surface area contributed by atoms with E-state index in [4.69, 9.17) is 0 Å². The fourth-order valence-corrected chi connectivity index (χ4v) is 2.49. The summed E-state index contributed by atoms with van der Waals surface area (Å²) >= 11 is 0. The predicted octanol–water partition coefficient (Wildman–Crippen LogP) is 6.34. The number of nitrogens with zero attached hydrogens (tertiary/aromatic N) is 1. The highest BCUT2D eigenvalue weighted by atomic mass is 15.1. The monoisotopic (exact) mass is 311 g/mol. The minimum atomic E-state index is 0.811. The van der Waals surface area contributed by atoms with Crippen molar-refractivity contribution in [3.8, 4) is 0 Å². The van der Waals surface area contributed by atoms with E-state index < -0.39 is 0 Å². The van der Waals surface area contributed by atoms with Crippen LogP contribution in [-0.2, 0) is 0 Å². The molecule has 0 aliphatic heterocycles. The molecule has 0 aromatic rings. The zero-order chi connectivity index (χ0) is 17.3. The van der Waals surface area contributed by atoms with Gasteiger partial charge >= 0.3 is 0 Å². The smallest absolute Gasteiger partial charge is 0.00161 e. The molecule has 0 amide bonds. The second-order valence-corrected chi connectivity index (χ2v) is 8.87. The molecule has 0 heterocycles. The van der Waals surface area contributed by atoms with Gasteiger partial charge in [-0.05, 0) is 74.4 Å². The zero-order valence-electron chi connectivity index (χ0n) is 17.2. The molecule has 0 fully saturated rings. The molecule has 0 N–H and O–H groups in total. The Morgan fingerprint density at radius 2 is 0.682 bits per heavy atom. The highest BCUT2D eigenvalue weighted by molar-refractivity contribution is 4.68. The summed E-state index contributed by atoms with van der Waals surface area (Å²) in [7, 11) is 0. The van der Waals surface area contributed by atoms with E-state index >= 15 is 0 Å². The fraction of sp³-hybridized carbons (Fsp3) is 1.00. The molecule has 3 atom stereocenters. The van der Waals surface area contributed by atoms with Crippen LogP contribution in [0.2, 0.25) is 0 Å². The summed E-state index contributed by atoms with van der Waals surface area (Å²) in [4.78, 5) is 2.75. The van der Waals surface area contributed by atoms with E-state index in [1.807, 2.05) is 0 Å². The first kappa shape index (κ1) is 22.0. The molecule has 0 aromatic heterocycles. The highest BCUT2D eigenvalue weighted by Crippen LogP contribution is 2.19. The lowest BCUT2D eigenvalue weighted by Crippen LogP contribution is -2.31. The molecule has 1 heteroatoms. The van der Waals surface area contributed by atoms with Gasteiger partial charge in [-0.1, -0.05) is 62.3 Å². The van der Waals surface area contributed by atoms with Crippen LogP contribution in [0.15, 0.2) is 0 Å². The molecule has 3 unspecified atom stereocenters. The first-order valence-corrected chi connectivity index (χ1v) is 9.87. The maximum absolute atomic E-state index is 2.75. The Labute approximate surface area is 142 Å². The largest absolute Gasteiger partial charge is 0.303 e. The van der Waals surface area contributed by atoms with E-state index in [2.05, 4.69) is 67.2 Å². The lowest BCUT2D eigenvalue weighted by atomic mass is 9.92. The first-order valence-electron chi connectivity index (χ1n) is 9.87. The van der Waals surface area contributed by atoms with E-state index in [0.29, 0.717) is 0 Å². The number of hydrogen-bond donors (Lipinski definition) is 0. The van der Waals surface area contributed by atoms with Crippen molar-refractivity contribution < 1.29 is 0 Å². The van der Waals surface area contributed by atoms with Crippen molar-refractivity contribution in [3.63, 3.8) is 0 Å². The van der Waals surface area contributed by atoms with Crippen molar-refractivity contribution >= 4 is 0 Å².